The second-order valence-corrected chi connectivity index (χ2v) is 8.26. The number of benzene rings is 1. The SMILES string of the molecule is Cc1c(C(=O)NNC(=O)c2cc(C)n(-c3ccccc3)c2C)sc2ncn(C)c(=O)c12. The van der Waals surface area contributed by atoms with Crippen LogP contribution < -0.4 is 16.4 Å². The van der Waals surface area contributed by atoms with Crippen molar-refractivity contribution in [1.82, 2.24) is 25.0 Å². The molecule has 4 rings (SSSR count). The Kier molecular flexibility index (Phi) is 5.20. The van der Waals surface area contributed by atoms with Gasteiger partial charge in [-0.15, -0.1) is 11.3 Å². The minimum Gasteiger partial charge on any atom is -0.318 e. The number of carbonyl (C=O) groups is 2. The molecule has 4 aromatic rings. The fourth-order valence-electron chi connectivity index (χ4n) is 3.63. The molecule has 158 valence electrons. The van der Waals surface area contributed by atoms with Crippen LogP contribution >= 0.6 is 11.3 Å². The van der Waals surface area contributed by atoms with Crippen LogP contribution in [-0.2, 0) is 7.05 Å². The molecule has 1 aromatic carbocycles. The Labute approximate surface area is 182 Å². The van der Waals surface area contributed by atoms with E-state index in [0.717, 1.165) is 28.4 Å². The lowest BCUT2D eigenvalue weighted by Gasteiger charge is -2.10. The highest BCUT2D eigenvalue weighted by molar-refractivity contribution is 7.20. The molecule has 0 aliphatic rings. The number of aromatic nitrogens is 3. The first-order valence-corrected chi connectivity index (χ1v) is 10.4. The molecule has 0 radical (unpaired) electrons. The van der Waals surface area contributed by atoms with Gasteiger partial charge in [0.15, 0.2) is 0 Å². The number of nitrogens with one attached hydrogen (secondary N) is 2. The third kappa shape index (κ3) is 3.53. The number of hydrogen-bond acceptors (Lipinski definition) is 5. The number of nitrogens with zero attached hydrogens (tertiary/aromatic N) is 3. The summed E-state index contributed by atoms with van der Waals surface area (Å²) in [6.07, 6.45) is 1.42. The first kappa shape index (κ1) is 20.5. The highest BCUT2D eigenvalue weighted by atomic mass is 32.1. The monoisotopic (exact) mass is 435 g/mol. The number of aryl methyl sites for hydroxylation is 3. The van der Waals surface area contributed by atoms with Crippen molar-refractivity contribution in [2.45, 2.75) is 20.8 Å². The summed E-state index contributed by atoms with van der Waals surface area (Å²) >= 11 is 1.12. The molecule has 3 heterocycles. The van der Waals surface area contributed by atoms with Crippen molar-refractivity contribution in [2.24, 2.45) is 7.05 Å². The Hall–Kier alpha value is -3.72. The van der Waals surface area contributed by atoms with Gasteiger partial charge in [-0.05, 0) is 44.5 Å². The average molecular weight is 436 g/mol. The average Bonchev–Trinajstić information content (AvgIpc) is 3.25. The fourth-order valence-corrected chi connectivity index (χ4v) is 4.66. The van der Waals surface area contributed by atoms with Gasteiger partial charge in [0.25, 0.3) is 17.4 Å². The number of amides is 2. The van der Waals surface area contributed by atoms with E-state index in [9.17, 15) is 14.4 Å². The second kappa shape index (κ2) is 7.84. The Bertz CT molecular complexity index is 1380. The minimum absolute atomic E-state index is 0.213. The van der Waals surface area contributed by atoms with Crippen LogP contribution in [0.5, 0.6) is 0 Å². The molecule has 0 unspecified atom stereocenters. The highest BCUT2D eigenvalue weighted by Crippen LogP contribution is 2.26. The topological polar surface area (TPSA) is 98.0 Å². The number of carbonyl (C=O) groups excluding carboxylic acids is 2. The molecule has 31 heavy (non-hydrogen) atoms. The molecule has 8 nitrogen and oxygen atoms in total. The molecular weight excluding hydrogens is 414 g/mol. The summed E-state index contributed by atoms with van der Waals surface area (Å²) in [5.74, 6) is -0.913. The Morgan fingerprint density at radius 3 is 2.42 bits per heavy atom. The van der Waals surface area contributed by atoms with Crippen molar-refractivity contribution in [3.8, 4) is 5.69 Å². The van der Waals surface area contributed by atoms with Gasteiger partial charge in [0, 0.05) is 24.1 Å². The third-order valence-corrected chi connectivity index (χ3v) is 6.40. The molecule has 0 aliphatic carbocycles. The smallest absolute Gasteiger partial charge is 0.280 e. The van der Waals surface area contributed by atoms with E-state index in [2.05, 4.69) is 15.8 Å². The van der Waals surface area contributed by atoms with E-state index in [1.54, 1.807) is 20.0 Å². The Morgan fingerprint density at radius 1 is 1.03 bits per heavy atom. The maximum Gasteiger partial charge on any atom is 0.280 e. The maximum atomic E-state index is 12.8. The number of hydrogen-bond donors (Lipinski definition) is 2. The van der Waals surface area contributed by atoms with Gasteiger partial charge in [-0.3, -0.25) is 25.2 Å². The van der Waals surface area contributed by atoms with Gasteiger partial charge in [-0.1, -0.05) is 18.2 Å². The van der Waals surface area contributed by atoms with Crippen molar-refractivity contribution in [3.63, 3.8) is 0 Å². The Morgan fingerprint density at radius 2 is 1.71 bits per heavy atom. The predicted molar refractivity (Wildman–Crippen MR) is 120 cm³/mol. The molecule has 3 aromatic heterocycles. The number of hydrazine groups is 1. The van der Waals surface area contributed by atoms with Gasteiger partial charge in [0.05, 0.1) is 22.2 Å². The number of thiophene rings is 1. The minimum atomic E-state index is -0.493. The summed E-state index contributed by atoms with van der Waals surface area (Å²) in [4.78, 5) is 42.8. The summed E-state index contributed by atoms with van der Waals surface area (Å²) in [5.41, 5.74) is 8.35. The Balaban J connectivity index is 1.56. The molecule has 0 bridgehead atoms. The summed E-state index contributed by atoms with van der Waals surface area (Å²) in [5, 5.41) is 0.415. The number of rotatable bonds is 3. The van der Waals surface area contributed by atoms with Crippen LogP contribution in [0.25, 0.3) is 15.9 Å². The summed E-state index contributed by atoms with van der Waals surface area (Å²) < 4.78 is 3.35. The van der Waals surface area contributed by atoms with E-state index < -0.39 is 11.8 Å². The largest absolute Gasteiger partial charge is 0.318 e. The highest BCUT2D eigenvalue weighted by Gasteiger charge is 2.21. The van der Waals surface area contributed by atoms with Gasteiger partial charge in [-0.25, -0.2) is 4.98 Å². The maximum absolute atomic E-state index is 12.8. The van der Waals surface area contributed by atoms with Gasteiger partial charge in [-0.2, -0.15) is 0 Å². The lowest BCUT2D eigenvalue weighted by atomic mass is 10.2. The first-order chi connectivity index (χ1) is 14.8. The number of para-hydroxylation sites is 1. The molecule has 9 heteroatoms. The fraction of sp³-hybridized carbons (Fsp3) is 0.182. The summed E-state index contributed by atoms with van der Waals surface area (Å²) in [7, 11) is 1.61. The van der Waals surface area contributed by atoms with Crippen molar-refractivity contribution < 1.29 is 9.59 Å². The molecule has 2 N–H and O–H groups in total. The lowest BCUT2D eigenvalue weighted by molar-refractivity contribution is 0.0848. The van der Waals surface area contributed by atoms with Gasteiger partial charge < -0.3 is 9.13 Å². The molecule has 0 saturated heterocycles. The van der Waals surface area contributed by atoms with Crippen LogP contribution in [0.15, 0.2) is 47.5 Å². The standard InChI is InChI=1S/C22H21N5O3S/c1-12-10-16(14(3)27(12)15-8-6-5-7-9-15)19(28)24-25-20(29)18-13(2)17-21(31-18)23-11-26(4)22(17)30/h5-11H,1-4H3,(H,24,28)(H,25,29). The van der Waals surface area contributed by atoms with Crippen LogP contribution in [0.1, 0.15) is 37.0 Å². The zero-order valence-electron chi connectivity index (χ0n) is 17.5. The lowest BCUT2D eigenvalue weighted by Crippen LogP contribution is -2.41. The first-order valence-electron chi connectivity index (χ1n) is 9.59. The van der Waals surface area contributed by atoms with Crippen LogP contribution in [0, 0.1) is 20.8 Å². The van der Waals surface area contributed by atoms with Crippen LogP contribution in [0.4, 0.5) is 0 Å². The van der Waals surface area contributed by atoms with E-state index in [4.69, 9.17) is 0 Å². The molecule has 2 amide bonds. The van der Waals surface area contributed by atoms with E-state index in [1.807, 2.05) is 48.7 Å². The van der Waals surface area contributed by atoms with Crippen molar-refractivity contribution >= 4 is 33.4 Å². The molecule has 0 atom stereocenters. The molecular formula is C22H21N5O3S. The van der Waals surface area contributed by atoms with Crippen LogP contribution in [0.3, 0.4) is 0 Å². The van der Waals surface area contributed by atoms with Gasteiger partial charge in [0.2, 0.25) is 0 Å². The van der Waals surface area contributed by atoms with E-state index in [-0.39, 0.29) is 5.56 Å². The van der Waals surface area contributed by atoms with Crippen LogP contribution in [0.2, 0.25) is 0 Å². The quantitative estimate of drug-likeness (QED) is 0.484. The molecule has 0 spiro atoms. The van der Waals surface area contributed by atoms with E-state index >= 15 is 0 Å². The zero-order chi connectivity index (χ0) is 22.3. The summed E-state index contributed by atoms with van der Waals surface area (Å²) in [6, 6.07) is 11.5. The van der Waals surface area contributed by atoms with Crippen molar-refractivity contribution in [3.05, 3.63) is 80.5 Å². The molecule has 0 fully saturated rings. The third-order valence-electron chi connectivity index (χ3n) is 5.20. The normalized spacial score (nSPS) is 11.0. The predicted octanol–water partition coefficient (Wildman–Crippen LogP) is 2.79. The van der Waals surface area contributed by atoms with Gasteiger partial charge >= 0.3 is 0 Å². The van der Waals surface area contributed by atoms with E-state index in [1.165, 1.54) is 10.9 Å². The van der Waals surface area contributed by atoms with Gasteiger partial charge in [0.1, 0.15) is 4.83 Å². The molecule has 0 saturated carbocycles. The van der Waals surface area contributed by atoms with E-state index in [0.29, 0.717) is 26.2 Å². The molecule has 0 aliphatic heterocycles. The van der Waals surface area contributed by atoms with Crippen LogP contribution in [-0.4, -0.2) is 25.9 Å². The zero-order valence-corrected chi connectivity index (χ0v) is 18.3. The summed E-state index contributed by atoms with van der Waals surface area (Å²) in [6.45, 7) is 5.48. The second-order valence-electron chi connectivity index (χ2n) is 7.26. The van der Waals surface area contributed by atoms with Crippen molar-refractivity contribution in [2.75, 3.05) is 0 Å². The number of fused-ring (bicyclic) bond motifs is 1. The van der Waals surface area contributed by atoms with Crippen molar-refractivity contribution in [1.29, 1.82) is 0 Å².